The molecule has 0 atom stereocenters. The summed E-state index contributed by atoms with van der Waals surface area (Å²) in [5, 5.41) is 2.90. The second-order valence-corrected chi connectivity index (χ2v) is 10.1. The molecule has 0 aliphatic carbocycles. The van der Waals surface area contributed by atoms with Crippen LogP contribution in [0.5, 0.6) is 0 Å². The molecule has 9 heteroatoms. The van der Waals surface area contributed by atoms with E-state index < -0.39 is 10.0 Å². The van der Waals surface area contributed by atoms with Crippen LogP contribution in [0.3, 0.4) is 0 Å². The number of nitrogens with zero attached hydrogens (tertiary/aromatic N) is 3. The van der Waals surface area contributed by atoms with E-state index in [1.165, 1.54) is 4.31 Å². The smallest absolute Gasteiger partial charge is 0.243 e. The van der Waals surface area contributed by atoms with E-state index in [2.05, 4.69) is 5.32 Å². The van der Waals surface area contributed by atoms with E-state index >= 15 is 0 Å². The number of piperazine rings is 1. The maximum atomic E-state index is 12.7. The lowest BCUT2D eigenvalue weighted by atomic mass is 10.1. The van der Waals surface area contributed by atoms with Crippen LogP contribution in [0, 0.1) is 0 Å². The zero-order valence-electron chi connectivity index (χ0n) is 17.7. The van der Waals surface area contributed by atoms with Crippen LogP contribution in [-0.4, -0.2) is 85.7 Å². The minimum absolute atomic E-state index is 0.0906. The first-order valence-electron chi connectivity index (χ1n) is 9.89. The van der Waals surface area contributed by atoms with Crippen molar-refractivity contribution in [2.75, 3.05) is 45.8 Å². The summed E-state index contributed by atoms with van der Waals surface area (Å²) in [6.45, 7) is 9.72. The molecule has 162 valence electrons. The van der Waals surface area contributed by atoms with Crippen molar-refractivity contribution in [2.24, 2.45) is 0 Å². The third-order valence-corrected chi connectivity index (χ3v) is 6.57. The molecular formula is C20H32N4O4S. The Morgan fingerprint density at radius 2 is 1.62 bits per heavy atom. The highest BCUT2D eigenvalue weighted by atomic mass is 32.2. The van der Waals surface area contributed by atoms with Gasteiger partial charge in [-0.25, -0.2) is 8.42 Å². The molecule has 8 nitrogen and oxygen atoms in total. The average Bonchev–Trinajstić information content (AvgIpc) is 2.66. The standard InChI is InChI=1S/C20H32N4O4S/c1-5-22(15-18(25)21-20(2,3)4)16-19(26)23-11-13-24(14-12-23)29(27,28)17-9-7-6-8-10-17/h6-10H,5,11-16H2,1-4H3,(H,21,25). The van der Waals surface area contributed by atoms with E-state index in [1.807, 2.05) is 27.7 Å². The molecule has 29 heavy (non-hydrogen) atoms. The molecule has 0 bridgehead atoms. The van der Waals surface area contributed by atoms with Gasteiger partial charge >= 0.3 is 0 Å². The molecule has 0 aromatic heterocycles. The van der Waals surface area contributed by atoms with Crippen LogP contribution in [0.2, 0.25) is 0 Å². The van der Waals surface area contributed by atoms with Crippen molar-refractivity contribution in [3.8, 4) is 0 Å². The summed E-state index contributed by atoms with van der Waals surface area (Å²) >= 11 is 0. The molecule has 0 unspecified atom stereocenters. The number of hydrogen-bond acceptors (Lipinski definition) is 5. The fourth-order valence-corrected chi connectivity index (χ4v) is 4.59. The van der Waals surface area contributed by atoms with Crippen molar-refractivity contribution in [1.29, 1.82) is 0 Å². The summed E-state index contributed by atoms with van der Waals surface area (Å²) in [5.74, 6) is -0.210. The van der Waals surface area contributed by atoms with E-state index in [0.717, 1.165) is 0 Å². The van der Waals surface area contributed by atoms with Crippen LogP contribution in [0.15, 0.2) is 35.2 Å². The number of carbonyl (C=O) groups is 2. The van der Waals surface area contributed by atoms with Crippen LogP contribution < -0.4 is 5.32 Å². The van der Waals surface area contributed by atoms with Crippen LogP contribution in [0.25, 0.3) is 0 Å². The molecule has 0 saturated carbocycles. The lowest BCUT2D eigenvalue weighted by molar-refractivity contribution is -0.134. The van der Waals surface area contributed by atoms with Gasteiger partial charge in [-0.3, -0.25) is 14.5 Å². The lowest BCUT2D eigenvalue weighted by Gasteiger charge is -2.35. The number of sulfonamides is 1. The van der Waals surface area contributed by atoms with Crippen LogP contribution in [0.1, 0.15) is 27.7 Å². The van der Waals surface area contributed by atoms with Crippen molar-refractivity contribution in [1.82, 2.24) is 19.4 Å². The van der Waals surface area contributed by atoms with Gasteiger partial charge in [-0.1, -0.05) is 25.1 Å². The monoisotopic (exact) mass is 424 g/mol. The van der Waals surface area contributed by atoms with Gasteiger partial charge in [0.15, 0.2) is 0 Å². The number of hydrogen-bond donors (Lipinski definition) is 1. The van der Waals surface area contributed by atoms with Gasteiger partial charge in [0, 0.05) is 31.7 Å². The highest BCUT2D eigenvalue weighted by molar-refractivity contribution is 7.89. The second-order valence-electron chi connectivity index (χ2n) is 8.20. The van der Waals surface area contributed by atoms with Gasteiger partial charge in [-0.15, -0.1) is 0 Å². The number of carbonyl (C=O) groups excluding carboxylic acids is 2. The van der Waals surface area contributed by atoms with Gasteiger partial charge in [0.05, 0.1) is 18.0 Å². The Hall–Kier alpha value is -1.97. The summed E-state index contributed by atoms with van der Waals surface area (Å²) < 4.78 is 26.8. The molecule has 0 spiro atoms. The van der Waals surface area contributed by atoms with Crippen molar-refractivity contribution < 1.29 is 18.0 Å². The Balaban J connectivity index is 1.88. The van der Waals surface area contributed by atoms with E-state index in [0.29, 0.717) is 19.6 Å². The van der Waals surface area contributed by atoms with Crippen molar-refractivity contribution >= 4 is 21.8 Å². The molecule has 1 heterocycles. The Labute approximate surface area is 173 Å². The molecule has 1 aromatic rings. The predicted octanol–water partition coefficient (Wildman–Crippen LogP) is 0.756. The molecule has 2 rings (SSSR count). The molecule has 1 fully saturated rings. The first kappa shape index (κ1) is 23.3. The first-order chi connectivity index (χ1) is 13.5. The van der Waals surface area contributed by atoms with Gasteiger partial charge < -0.3 is 10.2 Å². The number of amides is 2. The number of likely N-dealkylation sites (N-methyl/N-ethyl adjacent to an activating group) is 1. The van der Waals surface area contributed by atoms with Gasteiger partial charge in [0.25, 0.3) is 0 Å². The largest absolute Gasteiger partial charge is 0.350 e. The Morgan fingerprint density at radius 3 is 2.14 bits per heavy atom. The van der Waals surface area contributed by atoms with Gasteiger partial charge in [-0.05, 0) is 39.4 Å². The highest BCUT2D eigenvalue weighted by Gasteiger charge is 2.30. The van der Waals surface area contributed by atoms with Crippen molar-refractivity contribution in [3.63, 3.8) is 0 Å². The molecule has 1 aliphatic rings. The number of benzene rings is 1. The minimum Gasteiger partial charge on any atom is -0.350 e. The van der Waals surface area contributed by atoms with E-state index in [4.69, 9.17) is 0 Å². The van der Waals surface area contributed by atoms with Gasteiger partial charge in [-0.2, -0.15) is 4.31 Å². The normalized spacial score (nSPS) is 16.1. The minimum atomic E-state index is -3.54. The maximum Gasteiger partial charge on any atom is 0.243 e. The topological polar surface area (TPSA) is 90.0 Å². The Kier molecular flexibility index (Phi) is 7.79. The number of nitrogens with one attached hydrogen (secondary N) is 1. The third kappa shape index (κ3) is 6.80. The van der Waals surface area contributed by atoms with Crippen molar-refractivity contribution in [3.05, 3.63) is 30.3 Å². The summed E-state index contributed by atoms with van der Waals surface area (Å²) in [7, 11) is -3.54. The molecule has 1 aliphatic heterocycles. The molecule has 0 radical (unpaired) electrons. The summed E-state index contributed by atoms with van der Waals surface area (Å²) in [4.78, 5) is 28.5. The molecule has 2 amide bonds. The second kappa shape index (κ2) is 9.69. The zero-order valence-corrected chi connectivity index (χ0v) is 18.5. The molecule has 1 N–H and O–H groups in total. The van der Waals surface area contributed by atoms with Crippen molar-refractivity contribution in [2.45, 2.75) is 38.1 Å². The summed E-state index contributed by atoms with van der Waals surface area (Å²) in [6.07, 6.45) is 0. The van der Waals surface area contributed by atoms with E-state index in [9.17, 15) is 18.0 Å². The van der Waals surface area contributed by atoms with Gasteiger partial charge in [0.2, 0.25) is 21.8 Å². The first-order valence-corrected chi connectivity index (χ1v) is 11.3. The summed E-state index contributed by atoms with van der Waals surface area (Å²) in [6, 6.07) is 8.32. The molecule has 1 saturated heterocycles. The Bertz CT molecular complexity index is 798. The zero-order chi connectivity index (χ0) is 21.7. The SMILES string of the molecule is CCN(CC(=O)NC(C)(C)C)CC(=O)N1CCN(S(=O)(=O)c2ccccc2)CC1. The van der Waals surface area contributed by atoms with Crippen LogP contribution in [0.4, 0.5) is 0 Å². The Morgan fingerprint density at radius 1 is 1.03 bits per heavy atom. The van der Waals surface area contributed by atoms with Gasteiger partial charge in [0.1, 0.15) is 0 Å². The lowest BCUT2D eigenvalue weighted by Crippen LogP contribution is -2.53. The highest BCUT2D eigenvalue weighted by Crippen LogP contribution is 2.17. The number of rotatable bonds is 7. The maximum absolute atomic E-state index is 12.7. The fraction of sp³-hybridized carbons (Fsp3) is 0.600. The van der Waals surface area contributed by atoms with E-state index in [1.54, 1.807) is 40.1 Å². The van der Waals surface area contributed by atoms with E-state index in [-0.39, 0.29) is 48.4 Å². The van der Waals surface area contributed by atoms with Crippen LogP contribution >= 0.6 is 0 Å². The predicted molar refractivity (Wildman–Crippen MR) is 112 cm³/mol. The van der Waals surface area contributed by atoms with Crippen LogP contribution in [-0.2, 0) is 19.6 Å². The fourth-order valence-electron chi connectivity index (χ4n) is 3.15. The molecule has 1 aromatic carbocycles. The molecular weight excluding hydrogens is 392 g/mol. The average molecular weight is 425 g/mol. The summed E-state index contributed by atoms with van der Waals surface area (Å²) in [5.41, 5.74) is -0.318. The quantitative estimate of drug-likeness (QED) is 0.698. The third-order valence-electron chi connectivity index (χ3n) is 4.66.